The molecule has 0 amide bonds. The van der Waals surface area contributed by atoms with Crippen LogP contribution in [-0.4, -0.2) is 29.6 Å². The number of benzene rings is 2. The molecule has 1 aromatic heterocycles. The molecule has 150 valence electrons. The third kappa shape index (κ3) is 5.01. The Kier molecular flexibility index (Phi) is 7.36. The standard InChI is InChI=1S/C21H19Cl2N3O2S/c1-28-14-8-6-13(7-9-14)10-24-20-15(11-25-21(26-20)29-2)16(12-27)19-17(22)4-3-5-18(19)23/h3-9,11-12,16H,10H2,1-2H3,(H,24,25,26). The van der Waals surface area contributed by atoms with Crippen LogP contribution in [0, 0.1) is 0 Å². The topological polar surface area (TPSA) is 64.1 Å². The summed E-state index contributed by atoms with van der Waals surface area (Å²) >= 11 is 14.1. The van der Waals surface area contributed by atoms with E-state index in [0.29, 0.717) is 38.7 Å². The van der Waals surface area contributed by atoms with E-state index in [-0.39, 0.29) is 0 Å². The molecule has 1 unspecified atom stereocenters. The normalized spacial score (nSPS) is 11.7. The first-order valence-corrected chi connectivity index (χ1v) is 10.7. The largest absolute Gasteiger partial charge is 0.497 e. The molecule has 0 bridgehead atoms. The van der Waals surface area contributed by atoms with Crippen molar-refractivity contribution in [3.63, 3.8) is 0 Å². The Labute approximate surface area is 183 Å². The number of ether oxygens (including phenoxy) is 1. The van der Waals surface area contributed by atoms with Gasteiger partial charge in [0.25, 0.3) is 0 Å². The third-order valence-electron chi connectivity index (χ3n) is 4.38. The molecule has 8 heteroatoms. The van der Waals surface area contributed by atoms with E-state index in [1.165, 1.54) is 11.8 Å². The summed E-state index contributed by atoms with van der Waals surface area (Å²) in [7, 11) is 1.63. The van der Waals surface area contributed by atoms with Crippen molar-refractivity contribution in [1.82, 2.24) is 9.97 Å². The molecule has 0 aliphatic heterocycles. The van der Waals surface area contributed by atoms with Crippen LogP contribution in [0.4, 0.5) is 5.82 Å². The SMILES string of the molecule is COc1ccc(CNc2nc(SC)ncc2C(C=O)c2c(Cl)cccc2Cl)cc1. The van der Waals surface area contributed by atoms with Crippen molar-refractivity contribution >= 4 is 47.1 Å². The minimum absolute atomic E-state index is 0.421. The van der Waals surface area contributed by atoms with Gasteiger partial charge in [-0.15, -0.1) is 0 Å². The van der Waals surface area contributed by atoms with E-state index in [1.807, 2.05) is 30.5 Å². The molecule has 0 saturated heterocycles. The first-order valence-electron chi connectivity index (χ1n) is 8.74. The molecular weight excluding hydrogens is 429 g/mol. The van der Waals surface area contributed by atoms with E-state index in [2.05, 4.69) is 15.3 Å². The van der Waals surface area contributed by atoms with Gasteiger partial charge >= 0.3 is 0 Å². The molecular formula is C21H19Cl2N3O2S. The average Bonchev–Trinajstić information content (AvgIpc) is 2.75. The molecule has 1 N–H and O–H groups in total. The van der Waals surface area contributed by atoms with Crippen molar-refractivity contribution in [1.29, 1.82) is 0 Å². The highest BCUT2D eigenvalue weighted by Crippen LogP contribution is 2.37. The first kappa shape index (κ1) is 21.4. The second-order valence-electron chi connectivity index (χ2n) is 6.11. The van der Waals surface area contributed by atoms with Gasteiger partial charge in [0.05, 0.1) is 13.0 Å². The number of halogens is 2. The summed E-state index contributed by atoms with van der Waals surface area (Å²) in [6.07, 6.45) is 4.35. The van der Waals surface area contributed by atoms with E-state index < -0.39 is 5.92 Å². The van der Waals surface area contributed by atoms with Gasteiger partial charge < -0.3 is 14.8 Å². The molecule has 0 aliphatic rings. The van der Waals surface area contributed by atoms with E-state index >= 15 is 0 Å². The third-order valence-corrected chi connectivity index (χ3v) is 5.60. The maximum Gasteiger partial charge on any atom is 0.189 e. The zero-order valence-electron chi connectivity index (χ0n) is 15.9. The van der Waals surface area contributed by atoms with Crippen LogP contribution < -0.4 is 10.1 Å². The predicted octanol–water partition coefficient (Wildman–Crippen LogP) is 5.46. The molecule has 0 spiro atoms. The fraction of sp³-hybridized carbons (Fsp3) is 0.190. The van der Waals surface area contributed by atoms with Crippen molar-refractivity contribution in [2.45, 2.75) is 17.6 Å². The Hall–Kier alpha value is -2.28. The number of aromatic nitrogens is 2. The van der Waals surface area contributed by atoms with Crippen molar-refractivity contribution in [2.24, 2.45) is 0 Å². The highest BCUT2D eigenvalue weighted by molar-refractivity contribution is 7.98. The molecule has 1 heterocycles. The smallest absolute Gasteiger partial charge is 0.189 e. The summed E-state index contributed by atoms with van der Waals surface area (Å²) in [5.41, 5.74) is 2.19. The number of carbonyl (C=O) groups is 1. The summed E-state index contributed by atoms with van der Waals surface area (Å²) in [5.74, 6) is 0.661. The molecule has 2 aromatic carbocycles. The van der Waals surface area contributed by atoms with Crippen molar-refractivity contribution in [3.05, 3.63) is 75.4 Å². The molecule has 29 heavy (non-hydrogen) atoms. The summed E-state index contributed by atoms with van der Waals surface area (Å²) < 4.78 is 5.19. The van der Waals surface area contributed by atoms with Crippen LogP contribution in [0.2, 0.25) is 10.0 Å². The van der Waals surface area contributed by atoms with Gasteiger partial charge in [0.1, 0.15) is 17.9 Å². The zero-order valence-corrected chi connectivity index (χ0v) is 18.2. The van der Waals surface area contributed by atoms with Gasteiger partial charge in [0, 0.05) is 33.9 Å². The van der Waals surface area contributed by atoms with Crippen molar-refractivity contribution in [3.8, 4) is 5.75 Å². The Balaban J connectivity index is 1.96. The van der Waals surface area contributed by atoms with Gasteiger partial charge in [-0.3, -0.25) is 0 Å². The number of nitrogens with one attached hydrogen (secondary N) is 1. The van der Waals surface area contributed by atoms with Gasteiger partial charge in [0.15, 0.2) is 5.16 Å². The number of hydrogen-bond donors (Lipinski definition) is 1. The number of methoxy groups -OCH3 is 1. The molecule has 0 aliphatic carbocycles. The molecule has 1 atom stereocenters. The number of thioether (sulfide) groups is 1. The molecule has 0 saturated carbocycles. The number of rotatable bonds is 8. The first-order chi connectivity index (χ1) is 14.1. The zero-order chi connectivity index (χ0) is 20.8. The number of aldehydes is 1. The number of carbonyl (C=O) groups excluding carboxylic acids is 1. The van der Waals surface area contributed by atoms with Gasteiger partial charge in [-0.05, 0) is 36.1 Å². The minimum atomic E-state index is -0.689. The van der Waals surface area contributed by atoms with Crippen LogP contribution in [0.15, 0.2) is 53.8 Å². The van der Waals surface area contributed by atoms with Gasteiger partial charge in [0.2, 0.25) is 0 Å². The second-order valence-corrected chi connectivity index (χ2v) is 7.70. The molecule has 0 radical (unpaired) electrons. The van der Waals surface area contributed by atoms with Gasteiger partial charge in [-0.2, -0.15) is 0 Å². The minimum Gasteiger partial charge on any atom is -0.497 e. The molecule has 0 fully saturated rings. The van der Waals surface area contributed by atoms with Crippen LogP contribution in [0.25, 0.3) is 0 Å². The van der Waals surface area contributed by atoms with Gasteiger partial charge in [-0.25, -0.2) is 9.97 Å². The maximum absolute atomic E-state index is 12.0. The lowest BCUT2D eigenvalue weighted by atomic mass is 9.93. The number of nitrogens with zero attached hydrogens (tertiary/aromatic N) is 2. The Morgan fingerprint density at radius 2 is 1.86 bits per heavy atom. The van der Waals surface area contributed by atoms with Crippen LogP contribution >= 0.6 is 35.0 Å². The fourth-order valence-electron chi connectivity index (χ4n) is 2.88. The lowest BCUT2D eigenvalue weighted by Crippen LogP contribution is -2.12. The highest BCUT2D eigenvalue weighted by atomic mass is 35.5. The molecule has 3 aromatic rings. The van der Waals surface area contributed by atoms with Crippen LogP contribution in [0.1, 0.15) is 22.6 Å². The van der Waals surface area contributed by atoms with Crippen molar-refractivity contribution < 1.29 is 9.53 Å². The molecule has 3 rings (SSSR count). The molecule has 5 nitrogen and oxygen atoms in total. The maximum atomic E-state index is 12.0. The van der Waals surface area contributed by atoms with Crippen LogP contribution in [-0.2, 0) is 11.3 Å². The number of hydrogen-bond acceptors (Lipinski definition) is 6. The lowest BCUT2D eigenvalue weighted by molar-refractivity contribution is -0.108. The van der Waals surface area contributed by atoms with Crippen LogP contribution in [0.5, 0.6) is 5.75 Å². The predicted molar refractivity (Wildman–Crippen MR) is 119 cm³/mol. The van der Waals surface area contributed by atoms with Crippen LogP contribution in [0.3, 0.4) is 0 Å². The van der Waals surface area contributed by atoms with Gasteiger partial charge in [-0.1, -0.05) is 53.2 Å². The summed E-state index contributed by atoms with van der Waals surface area (Å²) in [6.45, 7) is 0.518. The van der Waals surface area contributed by atoms with Crippen molar-refractivity contribution in [2.75, 3.05) is 18.7 Å². The Morgan fingerprint density at radius 1 is 1.17 bits per heavy atom. The van der Waals surface area contributed by atoms with E-state index in [0.717, 1.165) is 17.6 Å². The Bertz CT molecular complexity index is 979. The summed E-state index contributed by atoms with van der Waals surface area (Å²) in [6, 6.07) is 12.9. The van der Waals surface area contributed by atoms with E-state index in [4.69, 9.17) is 27.9 Å². The summed E-state index contributed by atoms with van der Waals surface area (Å²) in [4.78, 5) is 20.9. The quantitative estimate of drug-likeness (QED) is 0.281. The van der Waals surface area contributed by atoms with E-state index in [9.17, 15) is 4.79 Å². The average molecular weight is 448 g/mol. The summed E-state index contributed by atoms with van der Waals surface area (Å²) in [5, 5.41) is 4.75. The lowest BCUT2D eigenvalue weighted by Gasteiger charge is -2.18. The number of anilines is 1. The fourth-order valence-corrected chi connectivity index (χ4v) is 3.85. The van der Waals surface area contributed by atoms with E-state index in [1.54, 1.807) is 31.5 Å². The second kappa shape index (κ2) is 9.96. The monoisotopic (exact) mass is 447 g/mol. The Morgan fingerprint density at radius 3 is 2.45 bits per heavy atom. The highest BCUT2D eigenvalue weighted by Gasteiger charge is 2.24.